The van der Waals surface area contributed by atoms with Crippen molar-refractivity contribution in [3.63, 3.8) is 0 Å². The lowest BCUT2D eigenvalue weighted by Crippen LogP contribution is -2.51. The van der Waals surface area contributed by atoms with Crippen LogP contribution in [0.2, 0.25) is 15.1 Å². The summed E-state index contributed by atoms with van der Waals surface area (Å²) in [4.78, 5) is 27.2. The molecule has 1 atom stereocenters. The van der Waals surface area contributed by atoms with Crippen molar-refractivity contribution >= 4 is 62.3 Å². The Labute approximate surface area is 213 Å². The fourth-order valence-corrected chi connectivity index (χ4v) is 4.61. The molecule has 0 aliphatic carbocycles. The minimum atomic E-state index is -3.99. The zero-order valence-corrected chi connectivity index (χ0v) is 21.9. The van der Waals surface area contributed by atoms with Crippen molar-refractivity contribution in [2.24, 2.45) is 0 Å². The zero-order chi connectivity index (χ0) is 25.6. The molecular formula is C22H25Cl3FN3O4S. The highest BCUT2D eigenvalue weighted by molar-refractivity contribution is 7.92. The lowest BCUT2D eigenvalue weighted by molar-refractivity contribution is -0.139. The number of nitrogens with one attached hydrogen (secondary N) is 1. The lowest BCUT2D eigenvalue weighted by atomic mass is 10.1. The van der Waals surface area contributed by atoms with E-state index in [9.17, 15) is 22.4 Å². The molecule has 34 heavy (non-hydrogen) atoms. The van der Waals surface area contributed by atoms with Crippen molar-refractivity contribution in [3.05, 3.63) is 62.8 Å². The Bertz CT molecular complexity index is 1150. The van der Waals surface area contributed by atoms with E-state index in [4.69, 9.17) is 34.8 Å². The molecule has 0 spiro atoms. The quantitative estimate of drug-likeness (QED) is 0.440. The molecule has 186 valence electrons. The third-order valence-corrected chi connectivity index (χ3v) is 7.07. The Morgan fingerprint density at radius 3 is 2.21 bits per heavy atom. The van der Waals surface area contributed by atoms with E-state index < -0.39 is 40.2 Å². The van der Waals surface area contributed by atoms with Gasteiger partial charge in [-0.15, -0.1) is 0 Å². The summed E-state index contributed by atoms with van der Waals surface area (Å²) in [7, 11) is -3.99. The van der Waals surface area contributed by atoms with E-state index in [2.05, 4.69) is 5.32 Å². The van der Waals surface area contributed by atoms with Crippen molar-refractivity contribution in [1.29, 1.82) is 0 Å². The molecule has 2 aromatic carbocycles. The summed E-state index contributed by atoms with van der Waals surface area (Å²) in [6, 6.07) is 7.03. The third-order valence-electron chi connectivity index (χ3n) is 4.92. The van der Waals surface area contributed by atoms with Crippen LogP contribution in [-0.2, 0) is 26.2 Å². The SMILES string of the molecule is CCCNC(=O)[C@H](C)N(Cc1ccc(F)cc1)C(=O)CN(c1cc(Cl)c(Cl)cc1Cl)S(C)(=O)=O. The number of sulfonamides is 1. The van der Waals surface area contributed by atoms with Gasteiger partial charge in [0, 0.05) is 13.1 Å². The molecule has 0 aromatic heterocycles. The highest BCUT2D eigenvalue weighted by Crippen LogP contribution is 2.35. The minimum absolute atomic E-state index is 0.0218. The van der Waals surface area contributed by atoms with E-state index in [-0.39, 0.29) is 27.3 Å². The molecule has 2 rings (SSSR count). The van der Waals surface area contributed by atoms with Gasteiger partial charge in [-0.25, -0.2) is 12.8 Å². The van der Waals surface area contributed by atoms with E-state index >= 15 is 0 Å². The van der Waals surface area contributed by atoms with Gasteiger partial charge in [0.1, 0.15) is 18.4 Å². The fraction of sp³-hybridized carbons (Fsp3) is 0.364. The number of halogens is 4. The second-order valence-corrected chi connectivity index (χ2v) is 10.7. The van der Waals surface area contributed by atoms with Crippen molar-refractivity contribution in [3.8, 4) is 0 Å². The number of carbonyl (C=O) groups excluding carboxylic acids is 2. The molecule has 12 heteroatoms. The van der Waals surface area contributed by atoms with Gasteiger partial charge in [-0.1, -0.05) is 53.9 Å². The average Bonchev–Trinajstić information content (AvgIpc) is 2.76. The van der Waals surface area contributed by atoms with Gasteiger partial charge in [0.15, 0.2) is 0 Å². The number of hydrogen-bond donors (Lipinski definition) is 1. The third kappa shape index (κ3) is 7.46. The predicted molar refractivity (Wildman–Crippen MR) is 133 cm³/mol. The molecule has 0 saturated heterocycles. The first kappa shape index (κ1) is 28.2. The summed E-state index contributed by atoms with van der Waals surface area (Å²) in [6.07, 6.45) is 1.61. The van der Waals surface area contributed by atoms with E-state index in [1.54, 1.807) is 0 Å². The maximum atomic E-state index is 13.4. The number of amides is 2. The Morgan fingerprint density at radius 2 is 1.65 bits per heavy atom. The number of nitrogens with zero attached hydrogens (tertiary/aromatic N) is 2. The minimum Gasteiger partial charge on any atom is -0.354 e. The van der Waals surface area contributed by atoms with Crippen molar-refractivity contribution in [1.82, 2.24) is 10.2 Å². The summed E-state index contributed by atoms with van der Waals surface area (Å²) in [5.41, 5.74) is 0.528. The second kappa shape index (κ2) is 12.1. The average molecular weight is 553 g/mol. The molecule has 7 nitrogen and oxygen atoms in total. The molecule has 0 aliphatic heterocycles. The molecule has 0 heterocycles. The first-order chi connectivity index (χ1) is 15.8. The molecule has 2 amide bonds. The van der Waals surface area contributed by atoms with Gasteiger partial charge < -0.3 is 10.2 Å². The number of benzene rings is 2. The maximum absolute atomic E-state index is 13.4. The summed E-state index contributed by atoms with van der Waals surface area (Å²) < 4.78 is 39.3. The van der Waals surface area contributed by atoms with Gasteiger partial charge >= 0.3 is 0 Å². The summed E-state index contributed by atoms with van der Waals surface area (Å²) in [6.45, 7) is 3.13. The number of rotatable bonds is 10. The molecule has 0 unspecified atom stereocenters. The molecule has 0 bridgehead atoms. The molecule has 0 saturated carbocycles. The molecule has 0 aliphatic rings. The van der Waals surface area contributed by atoms with Gasteiger partial charge in [-0.05, 0) is 43.2 Å². The topological polar surface area (TPSA) is 86.8 Å². The Kier molecular flexibility index (Phi) is 9.99. The summed E-state index contributed by atoms with van der Waals surface area (Å²) >= 11 is 18.2. The van der Waals surface area contributed by atoms with Crippen LogP contribution in [0.1, 0.15) is 25.8 Å². The summed E-state index contributed by atoms with van der Waals surface area (Å²) in [5, 5.41) is 2.87. The van der Waals surface area contributed by atoms with E-state index in [0.717, 1.165) is 10.6 Å². The van der Waals surface area contributed by atoms with Crippen LogP contribution in [0.5, 0.6) is 0 Å². The van der Waals surface area contributed by atoms with Gasteiger partial charge in [0.25, 0.3) is 0 Å². The number of carbonyl (C=O) groups is 2. The predicted octanol–water partition coefficient (Wildman–Crippen LogP) is 4.50. The van der Waals surface area contributed by atoms with Crippen LogP contribution in [0.25, 0.3) is 0 Å². The highest BCUT2D eigenvalue weighted by Gasteiger charge is 2.31. The van der Waals surface area contributed by atoms with Crippen molar-refractivity contribution in [2.75, 3.05) is 23.7 Å². The van der Waals surface area contributed by atoms with Crippen LogP contribution in [0.4, 0.5) is 10.1 Å². The Balaban J connectivity index is 2.43. The standard InChI is InChI=1S/C22H25Cl3FN3O4S/c1-4-9-27-22(31)14(2)28(12-15-5-7-16(26)8-6-15)21(30)13-29(34(3,32)33)20-11-18(24)17(23)10-19(20)25/h5-8,10-11,14H,4,9,12-13H2,1-3H3,(H,27,31)/t14-/m0/s1. The number of anilines is 1. The van der Waals surface area contributed by atoms with Crippen LogP contribution < -0.4 is 9.62 Å². The Morgan fingerprint density at radius 1 is 1.06 bits per heavy atom. The zero-order valence-electron chi connectivity index (χ0n) is 18.8. The van der Waals surface area contributed by atoms with Crippen molar-refractivity contribution < 1.29 is 22.4 Å². The van der Waals surface area contributed by atoms with Gasteiger partial charge in [-0.2, -0.15) is 0 Å². The van der Waals surface area contributed by atoms with Crippen LogP contribution in [0, 0.1) is 5.82 Å². The first-order valence-electron chi connectivity index (χ1n) is 10.3. The fourth-order valence-electron chi connectivity index (χ4n) is 3.06. The molecule has 0 fully saturated rings. The van der Waals surface area contributed by atoms with Gasteiger partial charge in [0.2, 0.25) is 21.8 Å². The molecular weight excluding hydrogens is 528 g/mol. The maximum Gasteiger partial charge on any atom is 0.244 e. The van der Waals surface area contributed by atoms with E-state index in [1.807, 2.05) is 6.92 Å². The second-order valence-electron chi connectivity index (χ2n) is 7.60. The van der Waals surface area contributed by atoms with Gasteiger partial charge in [-0.3, -0.25) is 13.9 Å². The summed E-state index contributed by atoms with van der Waals surface area (Å²) in [5.74, 6) is -1.53. The Hall–Kier alpha value is -2.07. The van der Waals surface area contributed by atoms with E-state index in [1.165, 1.54) is 48.2 Å². The van der Waals surface area contributed by atoms with E-state index in [0.29, 0.717) is 18.5 Å². The lowest BCUT2D eigenvalue weighted by Gasteiger charge is -2.31. The van der Waals surface area contributed by atoms with Gasteiger partial charge in [0.05, 0.1) is 27.0 Å². The van der Waals surface area contributed by atoms with Crippen molar-refractivity contribution in [2.45, 2.75) is 32.9 Å². The normalized spacial score (nSPS) is 12.2. The molecule has 2 aromatic rings. The van der Waals surface area contributed by atoms with Crippen LogP contribution >= 0.6 is 34.8 Å². The largest absolute Gasteiger partial charge is 0.354 e. The monoisotopic (exact) mass is 551 g/mol. The van der Waals surface area contributed by atoms with Crippen LogP contribution in [0.15, 0.2) is 36.4 Å². The first-order valence-corrected chi connectivity index (χ1v) is 13.3. The van der Waals surface area contributed by atoms with Crippen LogP contribution in [0.3, 0.4) is 0 Å². The molecule has 1 N–H and O–H groups in total. The van der Waals surface area contributed by atoms with Crippen LogP contribution in [-0.4, -0.2) is 50.5 Å². The number of hydrogen-bond acceptors (Lipinski definition) is 4. The smallest absolute Gasteiger partial charge is 0.244 e. The molecule has 0 radical (unpaired) electrons. The highest BCUT2D eigenvalue weighted by atomic mass is 35.5.